The van der Waals surface area contributed by atoms with E-state index in [-0.39, 0.29) is 69.9 Å². The quantitative estimate of drug-likeness (QED) is 0.0769. The average Bonchev–Trinajstić information content (AvgIpc) is 3.88. The largest absolute Gasteiger partial charge is 0.388 e. The third kappa shape index (κ3) is 4.38. The lowest BCUT2D eigenvalue weighted by molar-refractivity contribution is -0.0311. The molecule has 2 unspecified atom stereocenters. The molecule has 262 valence electrons. The minimum absolute atomic E-state index is 0.0120. The van der Waals surface area contributed by atoms with Gasteiger partial charge in [0.1, 0.15) is 65.1 Å². The van der Waals surface area contributed by atoms with Crippen LogP contribution in [0, 0.1) is 0 Å². The Bertz CT molecular complexity index is 2600. The number of anilines is 6. The summed E-state index contributed by atoms with van der Waals surface area (Å²) >= 11 is 0. The fraction of sp³-hybridized carbons (Fsp3) is 0.357. The summed E-state index contributed by atoms with van der Waals surface area (Å²) in [5, 5.41) is 34.7. The minimum Gasteiger partial charge on any atom is -0.388 e. The van der Waals surface area contributed by atoms with Crippen LogP contribution in [0.3, 0.4) is 0 Å². The van der Waals surface area contributed by atoms with Crippen LogP contribution in [-0.2, 0) is 9.47 Å². The zero-order valence-electron chi connectivity index (χ0n) is 25.8. The van der Waals surface area contributed by atoms with E-state index in [4.69, 9.17) is 20.9 Å². The second kappa shape index (κ2) is 10.8. The van der Waals surface area contributed by atoms with E-state index < -0.39 is 76.2 Å². The van der Waals surface area contributed by atoms with Crippen molar-refractivity contribution in [2.45, 2.75) is 49.0 Å². The molecule has 4 aromatic heterocycles. The number of nitrogens with one attached hydrogen (secondary N) is 5. The first-order valence-corrected chi connectivity index (χ1v) is 15.5. The van der Waals surface area contributed by atoms with Gasteiger partial charge in [-0.25, -0.2) is 19.9 Å². The first-order valence-electron chi connectivity index (χ1n) is 15.5. The fourth-order valence-electron chi connectivity index (χ4n) is 6.95. The molecule has 0 amide bonds. The number of nitrogens with zero attached hydrogens (tertiary/aromatic N) is 7. The molecular formula is C28H26N14O9. The van der Waals surface area contributed by atoms with Gasteiger partial charge in [0.25, 0.3) is 27.3 Å². The molecule has 0 radical (unpaired) electrons. The summed E-state index contributed by atoms with van der Waals surface area (Å²) in [5.74, 6) is -0.113. The molecule has 7 heterocycles. The highest BCUT2D eigenvalue weighted by Crippen LogP contribution is 2.37. The second-order valence-corrected chi connectivity index (χ2v) is 12.4. The van der Waals surface area contributed by atoms with Crippen molar-refractivity contribution in [1.29, 1.82) is 0 Å². The summed E-state index contributed by atoms with van der Waals surface area (Å²) in [4.78, 5) is 86.9. The summed E-state index contributed by atoms with van der Waals surface area (Å²) in [6, 6.07) is -2.21. The third-order valence-electron chi connectivity index (χ3n) is 9.53. The second-order valence-electron chi connectivity index (χ2n) is 12.4. The number of aliphatic hydroxyl groups excluding tert-OH is 2. The van der Waals surface area contributed by atoms with Gasteiger partial charge in [0.05, 0.1) is 18.7 Å². The Morgan fingerprint density at radius 1 is 0.686 bits per heavy atom. The summed E-state index contributed by atoms with van der Waals surface area (Å²) in [6.07, 6.45) is -3.38. The zero-order valence-corrected chi connectivity index (χ0v) is 25.8. The predicted molar refractivity (Wildman–Crippen MR) is 177 cm³/mol. The lowest BCUT2D eigenvalue weighted by Crippen LogP contribution is -2.48. The average molecular weight is 703 g/mol. The molecule has 9 rings (SSSR count). The number of aliphatic hydroxyl groups is 2. The monoisotopic (exact) mass is 702 g/mol. The Kier molecular flexibility index (Phi) is 6.54. The topological polar surface area (TPSA) is 335 Å². The zero-order chi connectivity index (χ0) is 35.5. The Morgan fingerprint density at radius 2 is 1.27 bits per heavy atom. The van der Waals surface area contributed by atoms with Gasteiger partial charge in [0, 0.05) is 13.1 Å². The van der Waals surface area contributed by atoms with Crippen molar-refractivity contribution in [1.82, 2.24) is 39.0 Å². The lowest BCUT2D eigenvalue weighted by Gasteiger charge is -2.27. The van der Waals surface area contributed by atoms with E-state index in [0.29, 0.717) is 0 Å². The van der Waals surface area contributed by atoms with E-state index in [1.165, 1.54) is 28.1 Å². The van der Waals surface area contributed by atoms with Gasteiger partial charge >= 0.3 is 0 Å². The van der Waals surface area contributed by atoms with Crippen molar-refractivity contribution in [3.63, 3.8) is 0 Å². The standard InChI is InChI=1S/C28H26N14O9/c29-22-14-23(34-3-33-22)41(4-35-14)27-21(48)8-6(50-27)1-31-10-12(20(47)18(10)45)38-13-16(43)7(2-32-9-11(37-8)19(46)17(9)44)51-26(13)42-5-36-15-24(42)39-28(30)40-25(15)49/h3-8,13,16,21,26-27,31-32,37-38,43,48H,1-2H2,(H2,29,33,34)(H3,30,39,40,49)/t6-,7-,8+,13+,16?,21?,26-,27-/m1/s1. The molecule has 3 aliphatic rings. The van der Waals surface area contributed by atoms with E-state index in [1.807, 2.05) is 0 Å². The first-order chi connectivity index (χ1) is 24.5. The molecule has 6 aromatic rings. The maximum absolute atomic E-state index is 12.9. The molecule has 11 N–H and O–H groups in total. The summed E-state index contributed by atoms with van der Waals surface area (Å²) in [6.45, 7) is -0.423. The highest BCUT2D eigenvalue weighted by atomic mass is 16.5. The first kappa shape index (κ1) is 30.7. The van der Waals surface area contributed by atoms with Gasteiger partial charge in [-0.05, 0) is 0 Å². The van der Waals surface area contributed by atoms with Crippen LogP contribution in [0.25, 0.3) is 22.3 Å². The molecule has 0 saturated carbocycles. The molecule has 2 aromatic carbocycles. The van der Waals surface area contributed by atoms with Crippen molar-refractivity contribution < 1.29 is 19.7 Å². The van der Waals surface area contributed by atoms with Gasteiger partial charge in [-0.1, -0.05) is 0 Å². The van der Waals surface area contributed by atoms with Crippen molar-refractivity contribution in [3.8, 4) is 0 Å². The predicted octanol–water partition coefficient (Wildman–Crippen LogP) is -4.37. The molecule has 23 heteroatoms. The van der Waals surface area contributed by atoms with Crippen LogP contribution >= 0.6 is 0 Å². The maximum Gasteiger partial charge on any atom is 0.280 e. The minimum atomic E-state index is -1.40. The van der Waals surface area contributed by atoms with Gasteiger partial charge < -0.3 is 52.4 Å². The van der Waals surface area contributed by atoms with E-state index in [0.717, 1.165) is 0 Å². The van der Waals surface area contributed by atoms with E-state index in [9.17, 15) is 34.2 Å². The lowest BCUT2D eigenvalue weighted by atomic mass is 10.0. The molecule has 3 aliphatic heterocycles. The van der Waals surface area contributed by atoms with Gasteiger partial charge in [0.2, 0.25) is 5.95 Å². The molecule has 8 atom stereocenters. The summed E-state index contributed by atoms with van der Waals surface area (Å²) in [5.41, 5.74) is 7.48. The number of H-pyrrole nitrogens is 1. The van der Waals surface area contributed by atoms with Crippen LogP contribution in [0.15, 0.2) is 43.0 Å². The smallest absolute Gasteiger partial charge is 0.280 e. The van der Waals surface area contributed by atoms with Crippen LogP contribution in [0.5, 0.6) is 0 Å². The molecular weight excluding hydrogens is 676 g/mol. The molecule has 0 spiro atoms. The number of rotatable bonds is 2. The van der Waals surface area contributed by atoms with Crippen LogP contribution in [0.4, 0.5) is 34.5 Å². The van der Waals surface area contributed by atoms with Crippen molar-refractivity contribution in [2.24, 2.45) is 0 Å². The molecule has 23 nitrogen and oxygen atoms in total. The van der Waals surface area contributed by atoms with Crippen molar-refractivity contribution in [3.05, 3.63) is 70.2 Å². The molecule has 0 aliphatic carbocycles. The molecule has 2 fully saturated rings. The number of nitrogens with two attached hydrogens (primary N) is 2. The van der Waals surface area contributed by atoms with E-state index in [2.05, 4.69) is 51.2 Å². The Balaban J connectivity index is 1.10. The Labute approximate surface area is 280 Å². The highest BCUT2D eigenvalue weighted by molar-refractivity contribution is 5.81. The molecule has 51 heavy (non-hydrogen) atoms. The normalized spacial score (nSPS) is 27.9. The van der Waals surface area contributed by atoms with Gasteiger partial charge in [-0.3, -0.25) is 38.1 Å². The van der Waals surface area contributed by atoms with Crippen LogP contribution in [0.1, 0.15) is 12.5 Å². The number of fused-ring (bicyclic) bond motifs is 7. The summed E-state index contributed by atoms with van der Waals surface area (Å²) < 4.78 is 15.2. The number of hydrogen-bond donors (Lipinski definition) is 9. The number of hydrogen-bond acceptors (Lipinski definition) is 20. The number of ether oxygens (including phenoxy) is 2. The van der Waals surface area contributed by atoms with E-state index >= 15 is 0 Å². The van der Waals surface area contributed by atoms with E-state index in [1.54, 1.807) is 0 Å². The van der Waals surface area contributed by atoms with Crippen LogP contribution in [0.2, 0.25) is 0 Å². The van der Waals surface area contributed by atoms with Crippen molar-refractivity contribution in [2.75, 3.05) is 45.8 Å². The van der Waals surface area contributed by atoms with Gasteiger partial charge in [-0.2, -0.15) is 4.98 Å². The third-order valence-corrected chi connectivity index (χ3v) is 9.53. The number of aromatic nitrogens is 8. The number of imidazole rings is 2. The van der Waals surface area contributed by atoms with Crippen LogP contribution < -0.4 is 60.0 Å². The van der Waals surface area contributed by atoms with Gasteiger partial charge in [0.15, 0.2) is 35.1 Å². The number of nitrogen functional groups attached to an aromatic ring is 2. The Hall–Kier alpha value is -6.30. The Morgan fingerprint density at radius 3 is 1.98 bits per heavy atom. The fourth-order valence-corrected chi connectivity index (χ4v) is 6.95. The van der Waals surface area contributed by atoms with Crippen molar-refractivity contribution >= 4 is 56.8 Å². The molecule has 2 bridgehead atoms. The van der Waals surface area contributed by atoms with Crippen LogP contribution in [-0.4, -0.2) is 98.8 Å². The highest BCUT2D eigenvalue weighted by Gasteiger charge is 2.49. The summed E-state index contributed by atoms with van der Waals surface area (Å²) in [7, 11) is 0. The van der Waals surface area contributed by atoms with Gasteiger partial charge in [-0.15, -0.1) is 0 Å². The maximum atomic E-state index is 12.9. The molecule has 2 saturated heterocycles. The SMILES string of the molecule is Nc1nc2c(ncn2[C@@H]2O[C@@H]3CNc4c(c(=O)c4=O)N[C@@H]4C(O)[C@H](n5cnc6c(N)ncnc65)O[C@@H]4CNc4c(c(=O)c4=O)N[C@H]2C3O)c(=O)[nH]1. The number of aromatic amines is 1.